The van der Waals surface area contributed by atoms with E-state index in [0.29, 0.717) is 18.7 Å². The second-order valence-electron chi connectivity index (χ2n) is 8.90. The van der Waals surface area contributed by atoms with Crippen molar-refractivity contribution in [3.05, 3.63) is 53.9 Å². The fourth-order valence-corrected chi connectivity index (χ4v) is 5.71. The monoisotopic (exact) mass is 487 g/mol. The lowest BCUT2D eigenvalue weighted by atomic mass is 10.0. The van der Waals surface area contributed by atoms with Gasteiger partial charge in [0.2, 0.25) is 10.0 Å². The van der Waals surface area contributed by atoms with Gasteiger partial charge >= 0.3 is 0 Å². The van der Waals surface area contributed by atoms with Crippen molar-refractivity contribution >= 4 is 10.0 Å². The van der Waals surface area contributed by atoms with Crippen LogP contribution in [0.25, 0.3) is 0 Å². The fourth-order valence-electron chi connectivity index (χ4n) is 3.88. The molecule has 0 bridgehead atoms. The number of sulfonamides is 1. The van der Waals surface area contributed by atoms with Crippen molar-refractivity contribution in [3.8, 4) is 17.6 Å². The van der Waals surface area contributed by atoms with Crippen LogP contribution in [0.4, 0.5) is 0 Å². The molecular formula is C25H33N3O5S. The Balaban J connectivity index is 1.99. The average Bonchev–Trinajstić information content (AvgIpc) is 2.80. The van der Waals surface area contributed by atoms with Crippen molar-refractivity contribution in [1.82, 2.24) is 14.2 Å². The second kappa shape index (κ2) is 11.3. The maximum atomic E-state index is 13.5. The number of hydrogen-bond donors (Lipinski definition) is 2. The van der Waals surface area contributed by atoms with E-state index < -0.39 is 22.2 Å². The van der Waals surface area contributed by atoms with Crippen molar-refractivity contribution in [3.63, 3.8) is 0 Å². The summed E-state index contributed by atoms with van der Waals surface area (Å²) >= 11 is 0. The molecule has 9 heteroatoms. The van der Waals surface area contributed by atoms with Gasteiger partial charge in [0, 0.05) is 49.6 Å². The minimum Gasteiger partial charge on any atom is -0.487 e. The number of rotatable bonds is 6. The van der Waals surface area contributed by atoms with Crippen LogP contribution in [0.3, 0.4) is 0 Å². The van der Waals surface area contributed by atoms with E-state index in [-0.39, 0.29) is 35.8 Å². The van der Waals surface area contributed by atoms with E-state index in [4.69, 9.17) is 4.74 Å². The zero-order valence-corrected chi connectivity index (χ0v) is 20.9. The van der Waals surface area contributed by atoms with Crippen LogP contribution in [0.5, 0.6) is 5.75 Å². The topological polar surface area (TPSA) is 103 Å². The predicted molar refractivity (Wildman–Crippen MR) is 130 cm³/mol. The van der Waals surface area contributed by atoms with Gasteiger partial charge in [0.1, 0.15) is 22.9 Å². The van der Waals surface area contributed by atoms with Gasteiger partial charge in [0.25, 0.3) is 0 Å². The largest absolute Gasteiger partial charge is 0.487 e. The molecule has 0 saturated carbocycles. The smallest absolute Gasteiger partial charge is 0.247 e. The Morgan fingerprint density at radius 1 is 1.32 bits per heavy atom. The molecule has 3 rings (SSSR count). The maximum absolute atomic E-state index is 13.5. The zero-order valence-electron chi connectivity index (χ0n) is 20.0. The first kappa shape index (κ1) is 26.1. The highest BCUT2D eigenvalue weighted by molar-refractivity contribution is 7.89. The summed E-state index contributed by atoms with van der Waals surface area (Å²) in [6.45, 7) is 6.37. The quantitative estimate of drug-likeness (QED) is 0.598. The molecule has 1 aromatic carbocycles. The number of hydrogen-bond acceptors (Lipinski definition) is 7. The fraction of sp³-hybridized carbons (Fsp3) is 0.480. The number of aliphatic hydroxyl groups is 2. The number of likely N-dealkylation sites (N-methyl/N-ethyl adjacent to an activating group) is 1. The highest BCUT2D eigenvalue weighted by Gasteiger charge is 2.38. The van der Waals surface area contributed by atoms with Crippen molar-refractivity contribution in [2.75, 3.05) is 26.7 Å². The van der Waals surface area contributed by atoms with Crippen LogP contribution in [-0.4, -0.2) is 77.8 Å². The van der Waals surface area contributed by atoms with E-state index >= 15 is 0 Å². The minimum absolute atomic E-state index is 0.0437. The molecule has 8 nitrogen and oxygen atoms in total. The highest BCUT2D eigenvalue weighted by Crippen LogP contribution is 2.34. The molecule has 0 radical (unpaired) electrons. The maximum Gasteiger partial charge on any atom is 0.247 e. The van der Waals surface area contributed by atoms with E-state index in [0.717, 1.165) is 5.56 Å². The van der Waals surface area contributed by atoms with Gasteiger partial charge in [0.05, 0.1) is 6.61 Å². The number of aliphatic hydroxyl groups excluding tert-OH is 2. The summed E-state index contributed by atoms with van der Waals surface area (Å²) in [5.41, 5.74) is 1.62. The lowest BCUT2D eigenvalue weighted by Gasteiger charge is -2.37. The van der Waals surface area contributed by atoms with Crippen molar-refractivity contribution in [1.29, 1.82) is 0 Å². The summed E-state index contributed by atoms with van der Waals surface area (Å²) in [7, 11) is -1.92. The molecule has 0 spiro atoms. The van der Waals surface area contributed by atoms with Gasteiger partial charge in [-0.3, -0.25) is 9.88 Å². The molecule has 0 amide bonds. The van der Waals surface area contributed by atoms with Gasteiger partial charge in [-0.2, -0.15) is 4.31 Å². The van der Waals surface area contributed by atoms with Crippen molar-refractivity contribution in [2.24, 2.45) is 5.92 Å². The van der Waals surface area contributed by atoms with Gasteiger partial charge in [-0.1, -0.05) is 24.8 Å². The average molecular weight is 488 g/mol. The third-order valence-corrected chi connectivity index (χ3v) is 7.78. The molecule has 0 aliphatic carbocycles. The Bertz CT molecular complexity index is 1130. The Labute approximate surface area is 202 Å². The summed E-state index contributed by atoms with van der Waals surface area (Å²) in [4.78, 5) is 6.32. The summed E-state index contributed by atoms with van der Waals surface area (Å²) in [6, 6.07) is 8.01. The van der Waals surface area contributed by atoms with E-state index in [2.05, 4.69) is 21.7 Å². The van der Waals surface area contributed by atoms with Crippen LogP contribution in [0.1, 0.15) is 31.9 Å². The van der Waals surface area contributed by atoms with E-state index in [1.54, 1.807) is 32.2 Å². The molecule has 0 fully saturated rings. The molecule has 2 heterocycles. The molecular weight excluding hydrogens is 454 g/mol. The summed E-state index contributed by atoms with van der Waals surface area (Å²) < 4.78 is 34.7. The van der Waals surface area contributed by atoms with E-state index in [1.807, 2.05) is 32.3 Å². The predicted octanol–water partition coefficient (Wildman–Crippen LogP) is 1.71. The number of aromatic nitrogens is 1. The molecule has 1 aliphatic heterocycles. The Hall–Kier alpha value is -2.48. The van der Waals surface area contributed by atoms with Gasteiger partial charge < -0.3 is 14.9 Å². The van der Waals surface area contributed by atoms with Crippen LogP contribution >= 0.6 is 0 Å². The highest BCUT2D eigenvalue weighted by atomic mass is 32.2. The molecule has 0 unspecified atom stereocenters. The molecule has 2 N–H and O–H groups in total. The Kier molecular flexibility index (Phi) is 8.68. The van der Waals surface area contributed by atoms with Crippen molar-refractivity contribution in [2.45, 2.75) is 50.5 Å². The third kappa shape index (κ3) is 6.34. The SMILES string of the molecule is C[C@H](O)C#Cc1ccc2c(c1)O[C@@H](CN(C)Cc1cccnc1)[C@@H](C)CN([C@@H](C)CO)S2(=O)=O. The first-order valence-corrected chi connectivity index (χ1v) is 12.8. The zero-order chi connectivity index (χ0) is 24.9. The van der Waals surface area contributed by atoms with Crippen LogP contribution in [-0.2, 0) is 16.6 Å². The first-order valence-electron chi connectivity index (χ1n) is 11.3. The molecule has 4 atom stereocenters. The number of nitrogens with zero attached hydrogens (tertiary/aromatic N) is 3. The van der Waals surface area contributed by atoms with Crippen LogP contribution in [0.15, 0.2) is 47.6 Å². The number of pyridine rings is 1. The first-order chi connectivity index (χ1) is 16.1. The number of fused-ring (bicyclic) bond motifs is 1. The third-order valence-electron chi connectivity index (χ3n) is 5.76. The Morgan fingerprint density at radius 3 is 2.74 bits per heavy atom. The summed E-state index contributed by atoms with van der Waals surface area (Å²) in [5, 5.41) is 19.3. The van der Waals surface area contributed by atoms with Gasteiger partial charge in [-0.05, 0) is 50.7 Å². The summed E-state index contributed by atoms with van der Waals surface area (Å²) in [6.07, 6.45) is 2.43. The molecule has 2 aromatic rings. The molecule has 1 aliphatic rings. The molecule has 0 saturated heterocycles. The van der Waals surface area contributed by atoms with Crippen LogP contribution < -0.4 is 4.74 Å². The molecule has 1 aromatic heterocycles. The Morgan fingerprint density at radius 2 is 2.09 bits per heavy atom. The van der Waals surface area contributed by atoms with Gasteiger partial charge in [-0.15, -0.1) is 0 Å². The van der Waals surface area contributed by atoms with Gasteiger partial charge in [0.15, 0.2) is 0 Å². The molecule has 184 valence electrons. The van der Waals surface area contributed by atoms with E-state index in [9.17, 15) is 18.6 Å². The standard InChI is InChI=1S/C25H33N3O5S/c1-18-14-28(19(2)17-29)34(31,32)25-10-9-21(8-7-20(3)30)12-23(25)33-24(18)16-27(4)15-22-6-5-11-26-13-22/h5-6,9-13,18-20,24,29-30H,14-17H2,1-4H3/t18-,19-,20-,24-/m0/s1. The second-order valence-corrected chi connectivity index (χ2v) is 10.8. The van der Waals surface area contributed by atoms with Crippen LogP contribution in [0, 0.1) is 17.8 Å². The normalized spacial score (nSPS) is 21.9. The molecule has 34 heavy (non-hydrogen) atoms. The van der Waals surface area contributed by atoms with Crippen molar-refractivity contribution < 1.29 is 23.4 Å². The summed E-state index contributed by atoms with van der Waals surface area (Å²) in [5.74, 6) is 5.60. The minimum atomic E-state index is -3.91. The lowest BCUT2D eigenvalue weighted by molar-refractivity contribution is 0.0733. The van der Waals surface area contributed by atoms with Crippen LogP contribution in [0.2, 0.25) is 0 Å². The lowest BCUT2D eigenvalue weighted by Crippen LogP contribution is -2.49. The number of ether oxygens (including phenoxy) is 1. The number of benzene rings is 1. The van der Waals surface area contributed by atoms with E-state index in [1.165, 1.54) is 10.4 Å². The van der Waals surface area contributed by atoms with Gasteiger partial charge in [-0.25, -0.2) is 8.42 Å².